The third-order valence-electron chi connectivity index (χ3n) is 2.16. The first-order valence-electron chi connectivity index (χ1n) is 5.67. The summed E-state index contributed by atoms with van der Waals surface area (Å²) in [7, 11) is 1.60. The summed E-state index contributed by atoms with van der Waals surface area (Å²) in [5, 5.41) is 0. The normalized spacial score (nSPS) is 10.5. The Morgan fingerprint density at radius 1 is 1.35 bits per heavy atom. The Balaban J connectivity index is 2.87. The number of rotatable bonds is 6. The van der Waals surface area contributed by atoms with Crippen LogP contribution in [0.25, 0.3) is 6.08 Å². The van der Waals surface area contributed by atoms with Crippen molar-refractivity contribution in [1.29, 1.82) is 0 Å². The number of hydrogen-bond donors (Lipinski definition) is 0. The molecule has 0 spiro atoms. The number of ether oxygens (including phenoxy) is 2. The van der Waals surface area contributed by atoms with Crippen molar-refractivity contribution in [1.82, 2.24) is 0 Å². The highest BCUT2D eigenvalue weighted by Crippen LogP contribution is 2.28. The Hall–Kier alpha value is -1.77. The molecule has 1 rings (SSSR count). The van der Waals surface area contributed by atoms with Crippen LogP contribution in [-0.2, 0) is 4.79 Å². The number of hydrogen-bond acceptors (Lipinski definition) is 3. The Labute approximate surface area is 102 Å². The van der Waals surface area contributed by atoms with Crippen molar-refractivity contribution in [2.45, 2.75) is 20.3 Å². The summed E-state index contributed by atoms with van der Waals surface area (Å²) in [6.07, 6.45) is 4.24. The summed E-state index contributed by atoms with van der Waals surface area (Å²) in [4.78, 5) is 10.8. The number of carbonyl (C=O) groups excluding carboxylic acids is 1. The predicted molar refractivity (Wildman–Crippen MR) is 68.5 cm³/mol. The van der Waals surface area contributed by atoms with Gasteiger partial charge in [-0.15, -0.1) is 0 Å². The third-order valence-corrected chi connectivity index (χ3v) is 2.16. The van der Waals surface area contributed by atoms with Crippen LogP contribution >= 0.6 is 0 Å². The lowest BCUT2D eigenvalue weighted by Gasteiger charge is -2.10. The average Bonchev–Trinajstić information content (AvgIpc) is 2.34. The zero-order valence-corrected chi connectivity index (χ0v) is 10.5. The number of methoxy groups -OCH3 is 1. The van der Waals surface area contributed by atoms with Gasteiger partial charge in [0.25, 0.3) is 0 Å². The molecule has 0 aromatic heterocycles. The SMILES string of the molecule is CCCOc1ccc(/C=C/C(C)=O)cc1OC. The number of allylic oxidation sites excluding steroid dienone is 1. The van der Waals surface area contributed by atoms with Gasteiger partial charge in [-0.1, -0.05) is 19.1 Å². The second-order valence-electron chi connectivity index (χ2n) is 3.70. The highest BCUT2D eigenvalue weighted by molar-refractivity contribution is 5.91. The maximum atomic E-state index is 10.8. The minimum atomic E-state index is 0.0234. The molecule has 1 aromatic rings. The zero-order chi connectivity index (χ0) is 12.7. The van der Waals surface area contributed by atoms with E-state index >= 15 is 0 Å². The molecule has 0 heterocycles. The summed E-state index contributed by atoms with van der Waals surface area (Å²) >= 11 is 0. The number of benzene rings is 1. The Morgan fingerprint density at radius 2 is 2.12 bits per heavy atom. The van der Waals surface area contributed by atoms with Gasteiger partial charge in [0.2, 0.25) is 0 Å². The molecule has 3 nitrogen and oxygen atoms in total. The molecule has 0 amide bonds. The zero-order valence-electron chi connectivity index (χ0n) is 10.5. The fraction of sp³-hybridized carbons (Fsp3) is 0.357. The highest BCUT2D eigenvalue weighted by Gasteiger charge is 2.04. The van der Waals surface area contributed by atoms with E-state index in [2.05, 4.69) is 6.92 Å². The van der Waals surface area contributed by atoms with Crippen LogP contribution in [0.3, 0.4) is 0 Å². The fourth-order valence-electron chi connectivity index (χ4n) is 1.33. The quantitative estimate of drug-likeness (QED) is 0.709. The van der Waals surface area contributed by atoms with Crippen LogP contribution < -0.4 is 9.47 Å². The molecular weight excluding hydrogens is 216 g/mol. The van der Waals surface area contributed by atoms with E-state index in [0.29, 0.717) is 12.4 Å². The van der Waals surface area contributed by atoms with Gasteiger partial charge >= 0.3 is 0 Å². The molecule has 0 fully saturated rings. The molecule has 0 radical (unpaired) electrons. The fourth-order valence-corrected chi connectivity index (χ4v) is 1.33. The van der Waals surface area contributed by atoms with Crippen LogP contribution in [0, 0.1) is 0 Å². The van der Waals surface area contributed by atoms with Gasteiger partial charge in [-0.25, -0.2) is 0 Å². The van der Waals surface area contributed by atoms with Crippen molar-refractivity contribution in [3.05, 3.63) is 29.8 Å². The summed E-state index contributed by atoms with van der Waals surface area (Å²) in [6, 6.07) is 5.60. The Bertz CT molecular complexity index is 408. The van der Waals surface area contributed by atoms with E-state index in [1.807, 2.05) is 18.2 Å². The van der Waals surface area contributed by atoms with Crippen LogP contribution in [0.5, 0.6) is 11.5 Å². The molecule has 0 atom stereocenters. The first-order chi connectivity index (χ1) is 8.17. The summed E-state index contributed by atoms with van der Waals surface area (Å²) in [5.41, 5.74) is 0.917. The molecule has 0 saturated heterocycles. The van der Waals surface area contributed by atoms with Gasteiger partial charge in [0.1, 0.15) is 0 Å². The minimum absolute atomic E-state index is 0.0234. The molecule has 0 N–H and O–H groups in total. The maximum absolute atomic E-state index is 10.8. The number of ketones is 1. The van der Waals surface area contributed by atoms with Gasteiger partial charge in [0.05, 0.1) is 13.7 Å². The lowest BCUT2D eigenvalue weighted by atomic mass is 10.1. The second-order valence-corrected chi connectivity index (χ2v) is 3.70. The van der Waals surface area contributed by atoms with E-state index in [1.165, 1.54) is 13.0 Å². The largest absolute Gasteiger partial charge is 0.493 e. The minimum Gasteiger partial charge on any atom is -0.493 e. The van der Waals surface area contributed by atoms with Gasteiger partial charge in [-0.3, -0.25) is 4.79 Å². The van der Waals surface area contributed by atoms with Crippen molar-refractivity contribution >= 4 is 11.9 Å². The molecule has 1 aromatic carbocycles. The lowest BCUT2D eigenvalue weighted by Crippen LogP contribution is -1.97. The standard InChI is InChI=1S/C14H18O3/c1-4-9-17-13-8-7-12(6-5-11(2)15)10-14(13)16-3/h5-8,10H,4,9H2,1-3H3/b6-5+. The average molecular weight is 234 g/mol. The molecule has 17 heavy (non-hydrogen) atoms. The number of carbonyl (C=O) groups is 1. The lowest BCUT2D eigenvalue weighted by molar-refractivity contribution is -0.112. The van der Waals surface area contributed by atoms with Gasteiger partial charge in [-0.05, 0) is 37.1 Å². The molecule has 0 unspecified atom stereocenters. The molecule has 3 heteroatoms. The molecule has 0 aliphatic carbocycles. The monoisotopic (exact) mass is 234 g/mol. The van der Waals surface area contributed by atoms with Crippen LogP contribution in [-0.4, -0.2) is 19.5 Å². The van der Waals surface area contributed by atoms with E-state index < -0.39 is 0 Å². The molecule has 0 bridgehead atoms. The topological polar surface area (TPSA) is 35.5 Å². The van der Waals surface area contributed by atoms with Crippen LogP contribution in [0.1, 0.15) is 25.8 Å². The van der Waals surface area contributed by atoms with Crippen molar-refractivity contribution in [2.24, 2.45) is 0 Å². The molecule has 0 saturated carbocycles. The van der Waals surface area contributed by atoms with Gasteiger partial charge < -0.3 is 9.47 Å². The summed E-state index contributed by atoms with van der Waals surface area (Å²) in [6.45, 7) is 4.24. The molecular formula is C14H18O3. The van der Waals surface area contributed by atoms with E-state index in [1.54, 1.807) is 13.2 Å². The third kappa shape index (κ3) is 4.31. The summed E-state index contributed by atoms with van der Waals surface area (Å²) < 4.78 is 10.8. The van der Waals surface area contributed by atoms with Crippen molar-refractivity contribution < 1.29 is 14.3 Å². The predicted octanol–water partition coefficient (Wildman–Crippen LogP) is 3.09. The van der Waals surface area contributed by atoms with Gasteiger partial charge in [0.15, 0.2) is 17.3 Å². The second kappa shape index (κ2) is 6.74. The van der Waals surface area contributed by atoms with E-state index in [4.69, 9.17) is 9.47 Å². The first-order valence-corrected chi connectivity index (χ1v) is 5.67. The van der Waals surface area contributed by atoms with Crippen molar-refractivity contribution in [2.75, 3.05) is 13.7 Å². The summed E-state index contributed by atoms with van der Waals surface area (Å²) in [5.74, 6) is 1.44. The smallest absolute Gasteiger partial charge is 0.161 e. The van der Waals surface area contributed by atoms with Crippen molar-refractivity contribution in [3.8, 4) is 11.5 Å². The van der Waals surface area contributed by atoms with Crippen LogP contribution in [0.4, 0.5) is 0 Å². The highest BCUT2D eigenvalue weighted by atomic mass is 16.5. The Morgan fingerprint density at radius 3 is 2.71 bits per heavy atom. The molecule has 92 valence electrons. The van der Waals surface area contributed by atoms with E-state index in [0.717, 1.165) is 17.7 Å². The van der Waals surface area contributed by atoms with Crippen LogP contribution in [0.15, 0.2) is 24.3 Å². The molecule has 0 aliphatic rings. The van der Waals surface area contributed by atoms with E-state index in [-0.39, 0.29) is 5.78 Å². The first kappa shape index (κ1) is 13.3. The van der Waals surface area contributed by atoms with Gasteiger partial charge in [0, 0.05) is 0 Å². The maximum Gasteiger partial charge on any atom is 0.161 e. The van der Waals surface area contributed by atoms with Crippen molar-refractivity contribution in [3.63, 3.8) is 0 Å². The van der Waals surface area contributed by atoms with Crippen LogP contribution in [0.2, 0.25) is 0 Å². The van der Waals surface area contributed by atoms with Gasteiger partial charge in [-0.2, -0.15) is 0 Å². The Kier molecular flexibility index (Phi) is 5.27. The molecule has 0 aliphatic heterocycles. The van der Waals surface area contributed by atoms with E-state index in [9.17, 15) is 4.79 Å².